The Morgan fingerprint density at radius 2 is 1.58 bits per heavy atom. The lowest BCUT2D eigenvalue weighted by Gasteiger charge is -2.52. The summed E-state index contributed by atoms with van der Waals surface area (Å²) < 4.78 is 6.71. The third-order valence-corrected chi connectivity index (χ3v) is 11.2. The second-order valence-electron chi connectivity index (χ2n) is 8.42. The van der Waals surface area contributed by atoms with E-state index in [0.29, 0.717) is 11.5 Å². The van der Waals surface area contributed by atoms with E-state index in [1.165, 1.54) is 0 Å². The third kappa shape index (κ3) is 2.56. The van der Waals surface area contributed by atoms with Crippen molar-refractivity contribution >= 4 is 8.32 Å². The Labute approximate surface area is 121 Å². The molecule has 110 valence electrons. The van der Waals surface area contributed by atoms with Crippen LogP contribution in [-0.2, 0) is 4.43 Å². The van der Waals surface area contributed by atoms with Gasteiger partial charge in [0.1, 0.15) is 5.76 Å². The average molecular weight is 281 g/mol. The van der Waals surface area contributed by atoms with Crippen LogP contribution in [0.2, 0.25) is 15.6 Å². The lowest BCUT2D eigenvalue weighted by molar-refractivity contribution is 0.347. The van der Waals surface area contributed by atoms with E-state index < -0.39 is 8.32 Å². The van der Waals surface area contributed by atoms with Gasteiger partial charge in [0.2, 0.25) is 0 Å². The Kier molecular flexibility index (Phi) is 4.18. The molecule has 0 radical (unpaired) electrons. The van der Waals surface area contributed by atoms with Gasteiger partial charge >= 0.3 is 0 Å². The van der Waals surface area contributed by atoms with E-state index >= 15 is 0 Å². The minimum atomic E-state index is -2.01. The van der Waals surface area contributed by atoms with Gasteiger partial charge in [-0.05, 0) is 34.6 Å². The molecule has 0 N–H and O–H groups in total. The van der Waals surface area contributed by atoms with Crippen molar-refractivity contribution in [3.05, 3.63) is 24.0 Å². The van der Waals surface area contributed by atoms with Crippen molar-refractivity contribution in [1.29, 1.82) is 0 Å². The van der Waals surface area contributed by atoms with Gasteiger partial charge in [-0.3, -0.25) is 0 Å². The quantitative estimate of drug-likeness (QED) is 0.560. The summed E-state index contributed by atoms with van der Waals surface area (Å²) in [5.41, 5.74) is 1.62. The molecule has 1 aliphatic heterocycles. The molecule has 0 amide bonds. The molecular weight excluding hydrogens is 248 g/mol. The summed E-state index contributed by atoms with van der Waals surface area (Å²) in [5, 5.41) is 0.405. The molecule has 0 aromatic carbocycles. The number of rotatable bonds is 2. The zero-order chi connectivity index (χ0) is 15.2. The number of hydrogen-bond acceptors (Lipinski definition) is 1. The Hall–Kier alpha value is -0.503. The summed E-state index contributed by atoms with van der Waals surface area (Å²) in [6.45, 7) is 24.9. The van der Waals surface area contributed by atoms with Crippen LogP contribution in [0.4, 0.5) is 0 Å². The first-order valence-electron chi connectivity index (χ1n) is 7.41. The summed E-state index contributed by atoms with van der Waals surface area (Å²) in [5.74, 6) is 1.66. The molecule has 0 aromatic heterocycles. The largest absolute Gasteiger partial charge is 0.542 e. The van der Waals surface area contributed by atoms with E-state index in [0.717, 1.165) is 11.3 Å². The SMILES string of the molecule is C=C(C)C1=CC(C(C)C)[Si](C(C)(C)C)(C(C)(C)C)O1. The van der Waals surface area contributed by atoms with Crippen molar-refractivity contribution in [3.63, 3.8) is 0 Å². The zero-order valence-electron chi connectivity index (χ0n) is 14.3. The monoisotopic (exact) mass is 280 g/mol. The van der Waals surface area contributed by atoms with E-state index in [1.54, 1.807) is 0 Å². The molecule has 0 fully saturated rings. The third-order valence-electron chi connectivity index (χ3n) is 4.44. The van der Waals surface area contributed by atoms with E-state index in [2.05, 4.69) is 75.0 Å². The highest BCUT2D eigenvalue weighted by Gasteiger charge is 2.64. The summed E-state index contributed by atoms with van der Waals surface area (Å²) in [4.78, 5) is 0. The summed E-state index contributed by atoms with van der Waals surface area (Å²) in [6.07, 6.45) is 2.37. The standard InChI is InChI=1S/C17H32OSi/c1-12(2)14-11-15(13(3)4)19(18-14,16(5,6)7)17(8,9)10/h11,13,15H,1H2,2-10H3. The van der Waals surface area contributed by atoms with Gasteiger partial charge in [-0.1, -0.05) is 62.0 Å². The molecule has 19 heavy (non-hydrogen) atoms. The first kappa shape index (κ1) is 16.6. The Morgan fingerprint density at radius 3 is 1.79 bits per heavy atom. The van der Waals surface area contributed by atoms with Gasteiger partial charge in [0.25, 0.3) is 8.32 Å². The van der Waals surface area contributed by atoms with E-state index in [1.807, 2.05) is 0 Å². The molecule has 0 aliphatic carbocycles. The highest BCUT2D eigenvalue weighted by molar-refractivity contribution is 6.82. The van der Waals surface area contributed by atoms with Crippen molar-refractivity contribution in [2.75, 3.05) is 0 Å². The topological polar surface area (TPSA) is 9.23 Å². The molecule has 2 heteroatoms. The van der Waals surface area contributed by atoms with Gasteiger partial charge in [0, 0.05) is 5.54 Å². The Morgan fingerprint density at radius 1 is 1.16 bits per heavy atom. The fourth-order valence-corrected chi connectivity index (χ4v) is 10.8. The molecule has 0 saturated carbocycles. The van der Waals surface area contributed by atoms with Crippen LogP contribution in [0.3, 0.4) is 0 Å². The molecule has 1 unspecified atom stereocenters. The van der Waals surface area contributed by atoms with Crippen molar-refractivity contribution in [3.8, 4) is 0 Å². The molecule has 1 aliphatic rings. The van der Waals surface area contributed by atoms with Crippen LogP contribution in [0.1, 0.15) is 62.3 Å². The molecule has 1 nitrogen and oxygen atoms in total. The van der Waals surface area contributed by atoms with Crippen molar-refractivity contribution < 1.29 is 4.43 Å². The molecular formula is C17H32OSi. The van der Waals surface area contributed by atoms with Gasteiger partial charge in [-0.25, -0.2) is 0 Å². The molecule has 0 bridgehead atoms. The lowest BCUT2D eigenvalue weighted by Crippen LogP contribution is -2.56. The summed E-state index contributed by atoms with van der Waals surface area (Å²) >= 11 is 0. The van der Waals surface area contributed by atoms with Crippen LogP contribution >= 0.6 is 0 Å². The first-order chi connectivity index (χ1) is 8.34. The van der Waals surface area contributed by atoms with Crippen molar-refractivity contribution in [1.82, 2.24) is 0 Å². The summed E-state index contributed by atoms with van der Waals surface area (Å²) in [7, 11) is -2.01. The highest BCUT2D eigenvalue weighted by Crippen LogP contribution is 2.63. The van der Waals surface area contributed by atoms with Crippen molar-refractivity contribution in [2.45, 2.75) is 77.9 Å². The van der Waals surface area contributed by atoms with Crippen LogP contribution < -0.4 is 0 Å². The van der Waals surface area contributed by atoms with Gasteiger partial charge in [0.15, 0.2) is 0 Å². The normalized spacial score (nSPS) is 23.3. The van der Waals surface area contributed by atoms with Gasteiger partial charge in [-0.2, -0.15) is 0 Å². The van der Waals surface area contributed by atoms with Crippen LogP contribution in [0, 0.1) is 5.92 Å². The molecule has 0 spiro atoms. The molecule has 1 atom stereocenters. The van der Waals surface area contributed by atoms with Gasteiger partial charge in [0.05, 0.1) is 0 Å². The summed E-state index contributed by atoms with van der Waals surface area (Å²) in [6, 6.07) is 0. The van der Waals surface area contributed by atoms with Gasteiger partial charge in [-0.15, -0.1) is 0 Å². The molecule has 1 heterocycles. The Balaban J connectivity index is 3.45. The van der Waals surface area contributed by atoms with Crippen LogP contribution in [0.15, 0.2) is 24.0 Å². The second kappa shape index (κ2) is 4.80. The molecule has 1 rings (SSSR count). The van der Waals surface area contributed by atoms with Crippen LogP contribution in [0.5, 0.6) is 0 Å². The predicted molar refractivity (Wildman–Crippen MR) is 87.8 cm³/mol. The average Bonchev–Trinajstić information content (AvgIpc) is 2.55. The number of hydrogen-bond donors (Lipinski definition) is 0. The minimum absolute atomic E-state index is 0.202. The smallest absolute Gasteiger partial charge is 0.268 e. The predicted octanol–water partition coefficient (Wildman–Crippen LogP) is 6.05. The fourth-order valence-electron chi connectivity index (χ4n) is 3.88. The molecule has 0 aromatic rings. The minimum Gasteiger partial charge on any atom is -0.542 e. The first-order valence-corrected chi connectivity index (χ1v) is 9.40. The van der Waals surface area contributed by atoms with Crippen LogP contribution in [0.25, 0.3) is 0 Å². The maximum Gasteiger partial charge on any atom is 0.268 e. The van der Waals surface area contributed by atoms with Crippen LogP contribution in [-0.4, -0.2) is 8.32 Å². The zero-order valence-corrected chi connectivity index (χ0v) is 15.3. The maximum absolute atomic E-state index is 6.71. The van der Waals surface area contributed by atoms with E-state index in [9.17, 15) is 0 Å². The van der Waals surface area contributed by atoms with E-state index in [4.69, 9.17) is 4.43 Å². The fraction of sp³-hybridized carbons (Fsp3) is 0.765. The van der Waals surface area contributed by atoms with E-state index in [-0.39, 0.29) is 10.1 Å². The second-order valence-corrected chi connectivity index (χ2v) is 13.8. The van der Waals surface area contributed by atoms with Gasteiger partial charge < -0.3 is 4.43 Å². The molecule has 0 saturated heterocycles. The number of allylic oxidation sites excluding steroid dienone is 2. The lowest BCUT2D eigenvalue weighted by atomic mass is 10.1. The Bertz CT molecular complexity index is 376. The van der Waals surface area contributed by atoms with Crippen molar-refractivity contribution in [2.24, 2.45) is 5.92 Å². The maximum atomic E-state index is 6.71. The highest BCUT2D eigenvalue weighted by atomic mass is 28.4.